The highest BCUT2D eigenvalue weighted by Gasteiger charge is 2.42. The minimum absolute atomic E-state index is 0.281. The molecule has 0 saturated carbocycles. The molecule has 0 bridgehead atoms. The molecule has 6 heteroatoms. The highest BCUT2D eigenvalue weighted by molar-refractivity contribution is 5.97. The zero-order valence-corrected chi connectivity index (χ0v) is 15.9. The van der Waals surface area contributed by atoms with Gasteiger partial charge in [-0.15, -0.1) is 0 Å². The van der Waals surface area contributed by atoms with Gasteiger partial charge < -0.3 is 19.8 Å². The average molecular weight is 378 g/mol. The fourth-order valence-corrected chi connectivity index (χ4v) is 3.66. The van der Waals surface area contributed by atoms with E-state index in [1.165, 1.54) is 0 Å². The van der Waals surface area contributed by atoms with Crippen LogP contribution in [0.25, 0.3) is 10.9 Å². The Morgan fingerprint density at radius 3 is 2.93 bits per heavy atom. The summed E-state index contributed by atoms with van der Waals surface area (Å²) < 4.78 is 10.7. The molecule has 0 spiro atoms. The number of methoxy groups -OCH3 is 1. The molecule has 28 heavy (non-hydrogen) atoms. The second-order valence-electron chi connectivity index (χ2n) is 7.19. The van der Waals surface area contributed by atoms with Gasteiger partial charge in [0.05, 0.1) is 12.7 Å². The molecule has 2 N–H and O–H groups in total. The molecular formula is C22H22N2O4. The third-order valence-corrected chi connectivity index (χ3v) is 5.22. The lowest BCUT2D eigenvalue weighted by molar-refractivity contribution is -0.139. The number of fused-ring (bicyclic) bond motifs is 2. The van der Waals surface area contributed by atoms with Gasteiger partial charge in [0.15, 0.2) is 5.60 Å². The molecule has 1 amide bonds. The molecule has 2 aromatic carbocycles. The number of carbonyl (C=O) groups excluding carboxylic acids is 2. The third-order valence-electron chi connectivity index (χ3n) is 5.22. The molecule has 0 saturated heterocycles. The molecule has 0 fully saturated rings. The van der Waals surface area contributed by atoms with Gasteiger partial charge in [0.2, 0.25) is 0 Å². The van der Waals surface area contributed by atoms with Gasteiger partial charge >= 0.3 is 5.97 Å². The number of ether oxygens (including phenoxy) is 2. The monoisotopic (exact) mass is 378 g/mol. The van der Waals surface area contributed by atoms with Crippen LogP contribution < -0.4 is 10.1 Å². The van der Waals surface area contributed by atoms with Crippen LogP contribution >= 0.6 is 0 Å². The average Bonchev–Trinajstić information content (AvgIpc) is 3.10. The lowest BCUT2D eigenvalue weighted by atomic mass is 9.89. The molecule has 3 aromatic rings. The van der Waals surface area contributed by atoms with Crippen LogP contribution in [0.5, 0.6) is 5.75 Å². The maximum Gasteiger partial charge on any atom is 0.339 e. The second-order valence-corrected chi connectivity index (χ2v) is 7.19. The van der Waals surface area contributed by atoms with Gasteiger partial charge in [0.1, 0.15) is 5.75 Å². The summed E-state index contributed by atoms with van der Waals surface area (Å²) in [6.07, 6.45) is 2.97. The van der Waals surface area contributed by atoms with Crippen molar-refractivity contribution in [2.24, 2.45) is 0 Å². The summed E-state index contributed by atoms with van der Waals surface area (Å²) in [4.78, 5) is 28.2. The summed E-state index contributed by atoms with van der Waals surface area (Å²) in [5, 5.41) is 4.01. The molecule has 2 heterocycles. The van der Waals surface area contributed by atoms with Gasteiger partial charge in [0.25, 0.3) is 5.91 Å². The topological polar surface area (TPSA) is 80.4 Å². The van der Waals surface area contributed by atoms with Crippen LogP contribution in [0.4, 0.5) is 0 Å². The summed E-state index contributed by atoms with van der Waals surface area (Å²) >= 11 is 0. The Morgan fingerprint density at radius 1 is 1.29 bits per heavy atom. The van der Waals surface area contributed by atoms with Crippen LogP contribution in [-0.4, -0.2) is 36.1 Å². The molecule has 1 aromatic heterocycles. The molecule has 0 aliphatic carbocycles. The van der Waals surface area contributed by atoms with Crippen LogP contribution in [0.2, 0.25) is 0 Å². The molecule has 1 aliphatic rings. The Kier molecular flexibility index (Phi) is 4.55. The summed E-state index contributed by atoms with van der Waals surface area (Å²) in [7, 11) is 1.64. The highest BCUT2D eigenvalue weighted by Crippen LogP contribution is 2.28. The van der Waals surface area contributed by atoms with E-state index in [4.69, 9.17) is 9.47 Å². The quantitative estimate of drug-likeness (QED) is 0.669. The number of H-pyrrole nitrogens is 1. The fourth-order valence-electron chi connectivity index (χ4n) is 3.66. The number of rotatable bonds is 5. The van der Waals surface area contributed by atoms with Crippen molar-refractivity contribution in [2.75, 3.05) is 13.7 Å². The molecule has 1 aliphatic heterocycles. The van der Waals surface area contributed by atoms with Crippen molar-refractivity contribution in [3.8, 4) is 5.75 Å². The van der Waals surface area contributed by atoms with Crippen LogP contribution in [-0.2, 0) is 22.4 Å². The number of nitrogens with one attached hydrogen (secondary N) is 2. The number of benzene rings is 2. The number of aromatic amines is 1. The number of hydrogen-bond donors (Lipinski definition) is 2. The van der Waals surface area contributed by atoms with Gasteiger partial charge in [-0.2, -0.15) is 0 Å². The third kappa shape index (κ3) is 3.22. The van der Waals surface area contributed by atoms with E-state index in [2.05, 4.69) is 10.3 Å². The van der Waals surface area contributed by atoms with Gasteiger partial charge in [-0.3, -0.25) is 4.79 Å². The lowest BCUT2D eigenvalue weighted by Gasteiger charge is -2.33. The summed E-state index contributed by atoms with van der Waals surface area (Å²) in [5.74, 6) is 0.0588. The van der Waals surface area contributed by atoms with Crippen molar-refractivity contribution in [1.82, 2.24) is 10.3 Å². The van der Waals surface area contributed by atoms with E-state index in [1.54, 1.807) is 26.2 Å². The first-order valence-electron chi connectivity index (χ1n) is 9.24. The second kappa shape index (κ2) is 7.03. The number of amides is 1. The van der Waals surface area contributed by atoms with Gasteiger partial charge in [0, 0.05) is 36.1 Å². The summed E-state index contributed by atoms with van der Waals surface area (Å²) in [6.45, 7) is 2.11. The van der Waals surface area contributed by atoms with E-state index >= 15 is 0 Å². The fraction of sp³-hybridized carbons (Fsp3) is 0.273. The Morgan fingerprint density at radius 2 is 2.11 bits per heavy atom. The van der Waals surface area contributed by atoms with E-state index < -0.39 is 11.6 Å². The first-order chi connectivity index (χ1) is 13.5. The van der Waals surface area contributed by atoms with E-state index in [1.807, 2.05) is 36.5 Å². The molecule has 1 atom stereocenters. The van der Waals surface area contributed by atoms with Crippen molar-refractivity contribution in [3.63, 3.8) is 0 Å². The maximum atomic E-state index is 12.7. The Balaban J connectivity index is 1.42. The van der Waals surface area contributed by atoms with Crippen LogP contribution in [0, 0.1) is 0 Å². The predicted molar refractivity (Wildman–Crippen MR) is 106 cm³/mol. The van der Waals surface area contributed by atoms with Crippen molar-refractivity contribution in [1.29, 1.82) is 0 Å². The van der Waals surface area contributed by atoms with E-state index in [9.17, 15) is 9.59 Å². The van der Waals surface area contributed by atoms with E-state index in [0.717, 1.165) is 27.8 Å². The first kappa shape index (κ1) is 18.1. The standard InChI is InChI=1S/C22H22N2O4/c1-22(12-14-5-3-4-6-18(14)20(25)28-22)21(26)23-10-9-15-13-24-19-11-16(27-2)7-8-17(15)19/h3-8,11,13,24H,9-10,12H2,1-2H3,(H,23,26). The van der Waals surface area contributed by atoms with Crippen LogP contribution in [0.15, 0.2) is 48.7 Å². The molecule has 144 valence electrons. The van der Waals surface area contributed by atoms with Gasteiger partial charge in [-0.1, -0.05) is 18.2 Å². The maximum absolute atomic E-state index is 12.7. The summed E-state index contributed by atoms with van der Waals surface area (Å²) in [5.41, 5.74) is 2.27. The van der Waals surface area contributed by atoms with Crippen LogP contribution in [0.1, 0.15) is 28.4 Å². The van der Waals surface area contributed by atoms with E-state index in [0.29, 0.717) is 24.9 Å². The number of carbonyl (C=O) groups is 2. The number of aromatic nitrogens is 1. The van der Waals surface area contributed by atoms with Crippen molar-refractivity contribution in [3.05, 3.63) is 65.4 Å². The zero-order valence-electron chi connectivity index (χ0n) is 15.9. The number of esters is 1. The molecular weight excluding hydrogens is 356 g/mol. The van der Waals surface area contributed by atoms with Gasteiger partial charge in [-0.25, -0.2) is 4.79 Å². The van der Waals surface area contributed by atoms with Crippen molar-refractivity contribution >= 4 is 22.8 Å². The van der Waals surface area contributed by atoms with Gasteiger partial charge in [-0.05, 0) is 42.7 Å². The van der Waals surface area contributed by atoms with Crippen molar-refractivity contribution in [2.45, 2.75) is 25.4 Å². The molecule has 0 radical (unpaired) electrons. The minimum Gasteiger partial charge on any atom is -0.497 e. The highest BCUT2D eigenvalue weighted by atomic mass is 16.6. The summed E-state index contributed by atoms with van der Waals surface area (Å²) in [6, 6.07) is 13.1. The Hall–Kier alpha value is -3.28. The zero-order chi connectivity index (χ0) is 19.7. The number of hydrogen-bond acceptors (Lipinski definition) is 4. The van der Waals surface area contributed by atoms with Crippen molar-refractivity contribution < 1.29 is 19.1 Å². The molecule has 4 rings (SSSR count). The van der Waals surface area contributed by atoms with Crippen LogP contribution in [0.3, 0.4) is 0 Å². The Labute approximate surface area is 162 Å². The van der Waals surface area contributed by atoms with E-state index in [-0.39, 0.29) is 5.91 Å². The predicted octanol–water partition coefficient (Wildman–Crippen LogP) is 3.01. The first-order valence-corrected chi connectivity index (χ1v) is 9.24. The minimum atomic E-state index is -1.20. The normalized spacial score (nSPS) is 18.4. The Bertz CT molecular complexity index is 1060. The molecule has 6 nitrogen and oxygen atoms in total. The SMILES string of the molecule is COc1ccc2c(CCNC(=O)C3(C)Cc4ccccc4C(=O)O3)c[nH]c2c1. The molecule has 1 unspecified atom stereocenters. The lowest BCUT2D eigenvalue weighted by Crippen LogP contribution is -2.52. The smallest absolute Gasteiger partial charge is 0.339 e. The number of cyclic esters (lactones) is 1. The largest absolute Gasteiger partial charge is 0.497 e.